The highest BCUT2D eigenvalue weighted by Crippen LogP contribution is 2.27. The smallest absolute Gasteiger partial charge is 0.237 e. The van der Waals surface area contributed by atoms with E-state index in [0.717, 1.165) is 0 Å². The van der Waals surface area contributed by atoms with Gasteiger partial charge in [-0.2, -0.15) is 0 Å². The van der Waals surface area contributed by atoms with E-state index in [1.165, 1.54) is 16.4 Å². The van der Waals surface area contributed by atoms with Crippen LogP contribution in [0.5, 0.6) is 0 Å². The fourth-order valence-corrected chi connectivity index (χ4v) is 2.74. The van der Waals surface area contributed by atoms with Crippen LogP contribution in [-0.2, 0) is 4.79 Å². The summed E-state index contributed by atoms with van der Waals surface area (Å²) in [5.41, 5.74) is 0.504. The monoisotopic (exact) mass is 345 g/mol. The molecule has 0 aliphatic carbocycles. The zero-order chi connectivity index (χ0) is 15.6. The Hall–Kier alpha value is -1.44. The number of amides is 1. The number of aryl methyl sites for hydroxylation is 1. The number of carbonyl (C=O) groups is 1. The van der Waals surface area contributed by atoms with Crippen molar-refractivity contribution in [3.63, 3.8) is 0 Å². The molecule has 0 aliphatic rings. The first-order valence-corrected chi connectivity index (χ1v) is 7.61. The molecule has 0 saturated carbocycles. The molecular weight excluding hydrogens is 333 g/mol. The Kier molecular flexibility index (Phi) is 4.97. The SMILES string of the molecule is Cc1nnc(S[C@@H](C)C(=O)Nc2ccc(Cl)cc2Cl)n1N. The zero-order valence-electron chi connectivity index (χ0n) is 11.3. The van der Waals surface area contributed by atoms with Crippen molar-refractivity contribution in [2.45, 2.75) is 24.3 Å². The van der Waals surface area contributed by atoms with Gasteiger partial charge in [0.15, 0.2) is 0 Å². The minimum atomic E-state index is -0.414. The minimum absolute atomic E-state index is 0.218. The number of nitrogens with two attached hydrogens (primary N) is 1. The van der Waals surface area contributed by atoms with Crippen LogP contribution in [0.2, 0.25) is 10.0 Å². The number of thioether (sulfide) groups is 1. The van der Waals surface area contributed by atoms with Gasteiger partial charge in [0, 0.05) is 5.02 Å². The molecule has 1 amide bonds. The van der Waals surface area contributed by atoms with Gasteiger partial charge in [-0.05, 0) is 32.0 Å². The molecule has 0 bridgehead atoms. The number of nitrogens with one attached hydrogen (secondary N) is 1. The van der Waals surface area contributed by atoms with Crippen LogP contribution in [0.3, 0.4) is 0 Å². The first-order valence-electron chi connectivity index (χ1n) is 5.98. The number of nitrogens with zero attached hydrogens (tertiary/aromatic N) is 3. The Morgan fingerprint density at radius 2 is 2.14 bits per heavy atom. The average molecular weight is 346 g/mol. The van der Waals surface area contributed by atoms with E-state index in [0.29, 0.717) is 26.7 Å². The molecule has 6 nitrogen and oxygen atoms in total. The number of hydrogen-bond donors (Lipinski definition) is 2. The summed E-state index contributed by atoms with van der Waals surface area (Å²) in [6.45, 7) is 3.48. The van der Waals surface area contributed by atoms with Crippen molar-refractivity contribution >= 4 is 46.6 Å². The first kappa shape index (κ1) is 15.9. The van der Waals surface area contributed by atoms with Gasteiger partial charge in [-0.3, -0.25) is 4.79 Å². The molecule has 0 aliphatic heterocycles. The molecule has 112 valence electrons. The highest BCUT2D eigenvalue weighted by Gasteiger charge is 2.19. The first-order chi connectivity index (χ1) is 9.88. The summed E-state index contributed by atoms with van der Waals surface area (Å²) in [6, 6.07) is 4.87. The highest BCUT2D eigenvalue weighted by molar-refractivity contribution is 8.00. The highest BCUT2D eigenvalue weighted by atomic mass is 35.5. The van der Waals surface area contributed by atoms with Crippen LogP contribution in [0, 0.1) is 6.92 Å². The largest absolute Gasteiger partial charge is 0.336 e. The number of anilines is 1. The Balaban J connectivity index is 2.04. The van der Waals surface area contributed by atoms with Crippen molar-refractivity contribution in [3.8, 4) is 0 Å². The van der Waals surface area contributed by atoms with Crippen LogP contribution in [0.25, 0.3) is 0 Å². The van der Waals surface area contributed by atoms with E-state index in [1.54, 1.807) is 32.0 Å². The number of rotatable bonds is 4. The molecule has 0 fully saturated rings. The molecule has 9 heteroatoms. The van der Waals surface area contributed by atoms with Crippen LogP contribution in [0.4, 0.5) is 5.69 Å². The fraction of sp³-hybridized carbons (Fsp3) is 0.250. The molecule has 1 aromatic heterocycles. The maximum absolute atomic E-state index is 12.2. The molecule has 0 radical (unpaired) electrons. The van der Waals surface area contributed by atoms with Gasteiger partial charge in [-0.1, -0.05) is 35.0 Å². The summed E-state index contributed by atoms with van der Waals surface area (Å²) >= 11 is 13.0. The van der Waals surface area contributed by atoms with Crippen LogP contribution >= 0.6 is 35.0 Å². The molecule has 3 N–H and O–H groups in total. The molecule has 2 aromatic rings. The Bertz CT molecular complexity index is 676. The number of hydrogen-bond acceptors (Lipinski definition) is 5. The molecular formula is C12H13Cl2N5OS. The average Bonchev–Trinajstić information content (AvgIpc) is 2.73. The molecule has 1 aromatic carbocycles. The zero-order valence-corrected chi connectivity index (χ0v) is 13.6. The van der Waals surface area contributed by atoms with Gasteiger partial charge in [-0.15, -0.1) is 10.2 Å². The number of carbonyl (C=O) groups excluding carboxylic acids is 1. The second kappa shape index (κ2) is 6.55. The molecule has 0 spiro atoms. The van der Waals surface area contributed by atoms with E-state index in [2.05, 4.69) is 15.5 Å². The second-order valence-electron chi connectivity index (χ2n) is 4.27. The van der Waals surface area contributed by atoms with E-state index in [4.69, 9.17) is 29.0 Å². The van der Waals surface area contributed by atoms with Crippen molar-refractivity contribution in [1.82, 2.24) is 14.9 Å². The predicted molar refractivity (Wildman–Crippen MR) is 85.3 cm³/mol. The number of nitrogen functional groups attached to an aromatic ring is 1. The molecule has 21 heavy (non-hydrogen) atoms. The van der Waals surface area contributed by atoms with Gasteiger partial charge in [0.05, 0.1) is 16.0 Å². The summed E-state index contributed by atoms with van der Waals surface area (Å²) < 4.78 is 1.34. The second-order valence-corrected chi connectivity index (χ2v) is 6.42. The van der Waals surface area contributed by atoms with Gasteiger partial charge in [0.25, 0.3) is 0 Å². The summed E-state index contributed by atoms with van der Waals surface area (Å²) in [6.07, 6.45) is 0. The lowest BCUT2D eigenvalue weighted by molar-refractivity contribution is -0.115. The Morgan fingerprint density at radius 3 is 2.71 bits per heavy atom. The molecule has 1 heterocycles. The van der Waals surface area contributed by atoms with Crippen molar-refractivity contribution in [1.29, 1.82) is 0 Å². The third-order valence-electron chi connectivity index (χ3n) is 2.68. The van der Waals surface area contributed by atoms with E-state index in [9.17, 15) is 4.79 Å². The van der Waals surface area contributed by atoms with Gasteiger partial charge >= 0.3 is 0 Å². The number of aromatic nitrogens is 3. The van der Waals surface area contributed by atoms with Crippen molar-refractivity contribution < 1.29 is 4.79 Å². The van der Waals surface area contributed by atoms with Crippen LogP contribution in [0.1, 0.15) is 12.7 Å². The van der Waals surface area contributed by atoms with Crippen molar-refractivity contribution in [3.05, 3.63) is 34.1 Å². The summed E-state index contributed by atoms with van der Waals surface area (Å²) in [5.74, 6) is 6.10. The lowest BCUT2D eigenvalue weighted by Crippen LogP contribution is -2.23. The van der Waals surface area contributed by atoms with Gasteiger partial charge in [0.2, 0.25) is 11.1 Å². The van der Waals surface area contributed by atoms with Crippen LogP contribution in [-0.4, -0.2) is 26.0 Å². The van der Waals surface area contributed by atoms with E-state index in [-0.39, 0.29) is 5.91 Å². The van der Waals surface area contributed by atoms with E-state index < -0.39 is 5.25 Å². The molecule has 0 saturated heterocycles. The molecule has 1 atom stereocenters. The third kappa shape index (κ3) is 3.81. The number of benzene rings is 1. The Morgan fingerprint density at radius 1 is 1.43 bits per heavy atom. The normalized spacial score (nSPS) is 12.2. The lowest BCUT2D eigenvalue weighted by Gasteiger charge is -2.12. The van der Waals surface area contributed by atoms with Gasteiger partial charge in [0.1, 0.15) is 5.82 Å². The van der Waals surface area contributed by atoms with Gasteiger partial charge in [-0.25, -0.2) is 4.68 Å². The van der Waals surface area contributed by atoms with E-state index >= 15 is 0 Å². The molecule has 0 unspecified atom stereocenters. The summed E-state index contributed by atoms with van der Waals surface area (Å²) in [4.78, 5) is 12.2. The Labute approximate surface area is 136 Å². The van der Waals surface area contributed by atoms with Gasteiger partial charge < -0.3 is 11.2 Å². The van der Waals surface area contributed by atoms with Crippen LogP contribution < -0.4 is 11.2 Å². The minimum Gasteiger partial charge on any atom is -0.336 e. The standard InChI is InChI=1S/C12H13Cl2N5OS/c1-6(21-12-18-17-7(2)19(12)15)11(20)16-10-4-3-8(13)5-9(10)14/h3-6H,15H2,1-2H3,(H,16,20)/t6-/m0/s1. The fourth-order valence-electron chi connectivity index (χ4n) is 1.47. The summed E-state index contributed by atoms with van der Waals surface area (Å²) in [7, 11) is 0. The van der Waals surface area contributed by atoms with E-state index in [1.807, 2.05) is 0 Å². The predicted octanol–water partition coefficient (Wildman–Crippen LogP) is 2.73. The molecule has 2 rings (SSSR count). The van der Waals surface area contributed by atoms with Crippen LogP contribution in [0.15, 0.2) is 23.4 Å². The summed E-state index contributed by atoms with van der Waals surface area (Å²) in [5, 5.41) is 11.4. The third-order valence-corrected chi connectivity index (χ3v) is 4.28. The quantitative estimate of drug-likeness (QED) is 0.657. The topological polar surface area (TPSA) is 85.8 Å². The number of halogens is 2. The van der Waals surface area contributed by atoms with Crippen molar-refractivity contribution in [2.24, 2.45) is 0 Å². The lowest BCUT2D eigenvalue weighted by atomic mass is 10.3. The maximum atomic E-state index is 12.2. The van der Waals surface area contributed by atoms with Crippen molar-refractivity contribution in [2.75, 3.05) is 11.2 Å². The maximum Gasteiger partial charge on any atom is 0.237 e.